The zero-order valence-corrected chi connectivity index (χ0v) is 13.7. The minimum atomic E-state index is -0.361. The Bertz CT molecular complexity index is 654. The van der Waals surface area contributed by atoms with Crippen molar-refractivity contribution in [3.05, 3.63) is 65.7 Å². The van der Waals surface area contributed by atoms with Crippen LogP contribution in [0.4, 0.5) is 5.69 Å². The summed E-state index contributed by atoms with van der Waals surface area (Å²) >= 11 is 0. The lowest BCUT2D eigenvalue weighted by molar-refractivity contribution is -0.116. The molecule has 0 aliphatic rings. The van der Waals surface area contributed by atoms with Crippen LogP contribution in [0.2, 0.25) is 0 Å². The highest BCUT2D eigenvalue weighted by Gasteiger charge is 2.07. The van der Waals surface area contributed by atoms with E-state index in [2.05, 4.69) is 10.6 Å². The van der Waals surface area contributed by atoms with Gasteiger partial charge in [-0.3, -0.25) is 4.79 Å². The lowest BCUT2D eigenvalue weighted by Crippen LogP contribution is -2.21. The number of hydrogen-bond donors (Lipinski definition) is 2. The SMILES string of the molecule is CCOC(=O)c1ccc(NC(=O)CCNCc2ccccc2)cc1. The molecule has 0 heterocycles. The van der Waals surface area contributed by atoms with Crippen LogP contribution in [0.25, 0.3) is 0 Å². The Hall–Kier alpha value is -2.66. The summed E-state index contributed by atoms with van der Waals surface area (Å²) in [6.07, 6.45) is 0.381. The van der Waals surface area contributed by atoms with Crippen molar-refractivity contribution in [1.29, 1.82) is 0 Å². The van der Waals surface area contributed by atoms with Crippen LogP contribution in [0.1, 0.15) is 29.3 Å². The molecule has 2 aromatic carbocycles. The first-order valence-electron chi connectivity index (χ1n) is 8.00. The van der Waals surface area contributed by atoms with Crippen molar-refractivity contribution < 1.29 is 14.3 Å². The second-order valence-corrected chi connectivity index (χ2v) is 5.26. The Balaban J connectivity index is 1.71. The fourth-order valence-electron chi connectivity index (χ4n) is 2.16. The number of carbonyl (C=O) groups is 2. The molecule has 2 N–H and O–H groups in total. The molecule has 2 aromatic rings. The predicted molar refractivity (Wildman–Crippen MR) is 93.8 cm³/mol. The van der Waals surface area contributed by atoms with E-state index in [9.17, 15) is 9.59 Å². The first kappa shape index (κ1) is 17.7. The highest BCUT2D eigenvalue weighted by molar-refractivity contribution is 5.93. The first-order chi connectivity index (χ1) is 11.7. The van der Waals surface area contributed by atoms with Crippen LogP contribution < -0.4 is 10.6 Å². The number of benzene rings is 2. The Morgan fingerprint density at radius 1 is 1.00 bits per heavy atom. The summed E-state index contributed by atoms with van der Waals surface area (Å²) in [5, 5.41) is 6.04. The van der Waals surface area contributed by atoms with Gasteiger partial charge in [0.2, 0.25) is 5.91 Å². The van der Waals surface area contributed by atoms with Crippen molar-refractivity contribution in [2.45, 2.75) is 19.9 Å². The molecule has 2 rings (SSSR count). The summed E-state index contributed by atoms with van der Waals surface area (Å²) in [5.74, 6) is -0.431. The van der Waals surface area contributed by atoms with Crippen molar-refractivity contribution in [2.24, 2.45) is 0 Å². The average Bonchev–Trinajstić information content (AvgIpc) is 2.60. The Labute approximate surface area is 142 Å². The molecule has 0 atom stereocenters. The van der Waals surface area contributed by atoms with Crippen LogP contribution in [0.5, 0.6) is 0 Å². The molecule has 126 valence electrons. The largest absolute Gasteiger partial charge is 0.462 e. The van der Waals surface area contributed by atoms with E-state index in [0.717, 1.165) is 6.54 Å². The molecule has 24 heavy (non-hydrogen) atoms. The molecule has 0 spiro atoms. The Kier molecular flexibility index (Phi) is 6.98. The van der Waals surface area contributed by atoms with E-state index in [0.29, 0.717) is 30.8 Å². The molecule has 5 heteroatoms. The van der Waals surface area contributed by atoms with E-state index in [1.165, 1.54) is 5.56 Å². The zero-order chi connectivity index (χ0) is 17.2. The Morgan fingerprint density at radius 2 is 1.71 bits per heavy atom. The van der Waals surface area contributed by atoms with Gasteiger partial charge in [0, 0.05) is 25.2 Å². The standard InChI is InChI=1S/C19H22N2O3/c1-2-24-19(23)16-8-10-17(11-9-16)21-18(22)12-13-20-14-15-6-4-3-5-7-15/h3-11,20H,2,12-14H2,1H3,(H,21,22). The van der Waals surface area contributed by atoms with Gasteiger partial charge >= 0.3 is 5.97 Å². The number of hydrogen-bond acceptors (Lipinski definition) is 4. The summed E-state index contributed by atoms with van der Waals surface area (Å²) in [7, 11) is 0. The van der Waals surface area contributed by atoms with Crippen LogP contribution in [-0.2, 0) is 16.1 Å². The lowest BCUT2D eigenvalue weighted by atomic mass is 10.2. The van der Waals surface area contributed by atoms with Crippen molar-refractivity contribution in [3.8, 4) is 0 Å². The highest BCUT2D eigenvalue weighted by Crippen LogP contribution is 2.11. The number of carbonyl (C=O) groups excluding carboxylic acids is 2. The lowest BCUT2D eigenvalue weighted by Gasteiger charge is -2.07. The second kappa shape index (κ2) is 9.47. The molecule has 0 aliphatic heterocycles. The minimum absolute atomic E-state index is 0.0700. The van der Waals surface area contributed by atoms with E-state index >= 15 is 0 Å². The second-order valence-electron chi connectivity index (χ2n) is 5.26. The van der Waals surface area contributed by atoms with E-state index in [4.69, 9.17) is 4.74 Å². The van der Waals surface area contributed by atoms with E-state index in [1.807, 2.05) is 30.3 Å². The maximum Gasteiger partial charge on any atom is 0.338 e. The topological polar surface area (TPSA) is 67.4 Å². The maximum atomic E-state index is 11.9. The minimum Gasteiger partial charge on any atom is -0.462 e. The average molecular weight is 326 g/mol. The molecule has 0 fully saturated rings. The van der Waals surface area contributed by atoms with Gasteiger partial charge in [0.25, 0.3) is 0 Å². The van der Waals surface area contributed by atoms with Gasteiger partial charge in [-0.05, 0) is 36.8 Å². The van der Waals surface area contributed by atoms with Gasteiger partial charge in [-0.25, -0.2) is 4.79 Å². The van der Waals surface area contributed by atoms with Crippen molar-refractivity contribution in [3.63, 3.8) is 0 Å². The summed E-state index contributed by atoms with van der Waals surface area (Å²) in [6.45, 7) is 3.44. The molecule has 0 bridgehead atoms. The third-order valence-corrected chi connectivity index (χ3v) is 3.38. The van der Waals surface area contributed by atoms with Crippen LogP contribution in [0.3, 0.4) is 0 Å². The van der Waals surface area contributed by atoms with Crippen LogP contribution in [0, 0.1) is 0 Å². The molecule has 0 unspecified atom stereocenters. The van der Waals surface area contributed by atoms with Gasteiger partial charge < -0.3 is 15.4 Å². The van der Waals surface area contributed by atoms with Gasteiger partial charge in [0.05, 0.1) is 12.2 Å². The van der Waals surface area contributed by atoms with Crippen molar-refractivity contribution in [1.82, 2.24) is 5.32 Å². The molecular formula is C19H22N2O3. The normalized spacial score (nSPS) is 10.2. The molecule has 1 amide bonds. The summed E-state index contributed by atoms with van der Waals surface area (Å²) in [5.41, 5.74) is 2.32. The van der Waals surface area contributed by atoms with E-state index in [1.54, 1.807) is 31.2 Å². The third kappa shape index (κ3) is 5.85. The maximum absolute atomic E-state index is 11.9. The third-order valence-electron chi connectivity index (χ3n) is 3.38. The van der Waals surface area contributed by atoms with E-state index in [-0.39, 0.29) is 11.9 Å². The molecular weight excluding hydrogens is 304 g/mol. The fraction of sp³-hybridized carbons (Fsp3) is 0.263. The van der Waals surface area contributed by atoms with Crippen LogP contribution in [-0.4, -0.2) is 25.0 Å². The monoisotopic (exact) mass is 326 g/mol. The van der Waals surface area contributed by atoms with E-state index < -0.39 is 0 Å². The quantitative estimate of drug-likeness (QED) is 0.578. The fourth-order valence-corrected chi connectivity index (χ4v) is 2.16. The molecule has 0 aliphatic carbocycles. The van der Waals surface area contributed by atoms with Gasteiger partial charge in [0.15, 0.2) is 0 Å². The summed E-state index contributed by atoms with van der Waals surface area (Å²) in [6, 6.07) is 16.7. The number of nitrogens with one attached hydrogen (secondary N) is 2. The van der Waals surface area contributed by atoms with Gasteiger partial charge in [-0.2, -0.15) is 0 Å². The summed E-state index contributed by atoms with van der Waals surface area (Å²) < 4.78 is 4.92. The van der Waals surface area contributed by atoms with Crippen molar-refractivity contribution in [2.75, 3.05) is 18.5 Å². The number of rotatable bonds is 8. The Morgan fingerprint density at radius 3 is 2.38 bits per heavy atom. The van der Waals surface area contributed by atoms with Gasteiger partial charge in [0.1, 0.15) is 0 Å². The van der Waals surface area contributed by atoms with Crippen molar-refractivity contribution >= 4 is 17.6 Å². The molecule has 0 radical (unpaired) electrons. The molecule has 5 nitrogen and oxygen atoms in total. The summed E-state index contributed by atoms with van der Waals surface area (Å²) in [4.78, 5) is 23.5. The predicted octanol–water partition coefficient (Wildman–Crippen LogP) is 2.98. The molecule has 0 aromatic heterocycles. The van der Waals surface area contributed by atoms with Crippen LogP contribution in [0.15, 0.2) is 54.6 Å². The molecule has 0 saturated carbocycles. The highest BCUT2D eigenvalue weighted by atomic mass is 16.5. The van der Waals surface area contributed by atoms with Crippen LogP contribution >= 0.6 is 0 Å². The van der Waals surface area contributed by atoms with Gasteiger partial charge in [-0.15, -0.1) is 0 Å². The van der Waals surface area contributed by atoms with Gasteiger partial charge in [-0.1, -0.05) is 30.3 Å². The number of amides is 1. The number of ether oxygens (including phenoxy) is 1. The number of esters is 1. The number of anilines is 1. The smallest absolute Gasteiger partial charge is 0.338 e. The first-order valence-corrected chi connectivity index (χ1v) is 8.00. The zero-order valence-electron chi connectivity index (χ0n) is 13.7. The molecule has 0 saturated heterocycles.